The summed E-state index contributed by atoms with van der Waals surface area (Å²) in [5.74, 6) is -0.814. The van der Waals surface area contributed by atoms with Crippen LogP contribution in [0.2, 0.25) is 0 Å². The fraction of sp³-hybridized carbons (Fsp3) is 0.400. The maximum Gasteiger partial charge on any atom is 0.410 e. The van der Waals surface area contributed by atoms with Crippen molar-refractivity contribution in [2.75, 3.05) is 13.1 Å². The van der Waals surface area contributed by atoms with E-state index < -0.39 is 18.0 Å². The minimum Gasteiger partial charge on any atom is -0.445 e. The van der Waals surface area contributed by atoms with Crippen LogP contribution in [0.3, 0.4) is 0 Å². The molecule has 1 aromatic rings. The molecule has 3 atom stereocenters. The standard InChI is InChI=1S/C15H16FNO3/c16-13-6-11-7-17(8-12(11)14(13)18)15(19)20-9-10-4-2-1-3-5-10/h1-6,11-12,14,18H,7-9H2. The number of benzene rings is 1. The fourth-order valence-electron chi connectivity index (χ4n) is 2.83. The topological polar surface area (TPSA) is 49.8 Å². The van der Waals surface area contributed by atoms with E-state index >= 15 is 0 Å². The number of rotatable bonds is 2. The van der Waals surface area contributed by atoms with Crippen LogP contribution >= 0.6 is 0 Å². The Morgan fingerprint density at radius 3 is 2.80 bits per heavy atom. The van der Waals surface area contributed by atoms with Gasteiger partial charge in [-0.1, -0.05) is 30.3 Å². The molecule has 0 spiro atoms. The van der Waals surface area contributed by atoms with Crippen molar-refractivity contribution in [1.82, 2.24) is 4.90 Å². The third-order valence-electron chi connectivity index (χ3n) is 3.94. The third kappa shape index (κ3) is 2.41. The largest absolute Gasteiger partial charge is 0.445 e. The summed E-state index contributed by atoms with van der Waals surface area (Å²) in [5, 5.41) is 9.65. The monoisotopic (exact) mass is 277 g/mol. The summed E-state index contributed by atoms with van der Waals surface area (Å²) in [7, 11) is 0. The average Bonchev–Trinajstić information content (AvgIpc) is 2.98. The van der Waals surface area contributed by atoms with Crippen molar-refractivity contribution < 1.29 is 19.0 Å². The number of halogens is 1. The van der Waals surface area contributed by atoms with Crippen LogP contribution in [0.4, 0.5) is 9.18 Å². The molecule has 0 radical (unpaired) electrons. The van der Waals surface area contributed by atoms with Crippen LogP contribution in [-0.4, -0.2) is 35.3 Å². The molecule has 1 fully saturated rings. The number of aliphatic hydroxyl groups is 1. The van der Waals surface area contributed by atoms with Gasteiger partial charge in [0.2, 0.25) is 0 Å². The molecule has 1 N–H and O–H groups in total. The zero-order chi connectivity index (χ0) is 14.1. The van der Waals surface area contributed by atoms with Gasteiger partial charge in [-0.25, -0.2) is 9.18 Å². The molecule has 3 rings (SSSR count). The fourth-order valence-corrected chi connectivity index (χ4v) is 2.83. The van der Waals surface area contributed by atoms with Gasteiger partial charge >= 0.3 is 6.09 Å². The van der Waals surface area contributed by atoms with Gasteiger partial charge in [-0.15, -0.1) is 0 Å². The van der Waals surface area contributed by atoms with Gasteiger partial charge in [-0.3, -0.25) is 0 Å². The van der Waals surface area contributed by atoms with Gasteiger partial charge in [0.1, 0.15) is 18.5 Å². The number of aliphatic hydroxyl groups excluding tert-OH is 1. The second-order valence-corrected chi connectivity index (χ2v) is 5.27. The van der Waals surface area contributed by atoms with E-state index in [2.05, 4.69) is 0 Å². The van der Waals surface area contributed by atoms with Gasteiger partial charge in [0.15, 0.2) is 0 Å². The molecule has 1 aliphatic carbocycles. The summed E-state index contributed by atoms with van der Waals surface area (Å²) in [5.41, 5.74) is 0.922. The first-order chi connectivity index (χ1) is 9.65. The van der Waals surface area contributed by atoms with Gasteiger partial charge in [0.05, 0.1) is 0 Å². The minimum atomic E-state index is -1.08. The Labute approximate surface area is 116 Å². The molecule has 4 nitrogen and oxygen atoms in total. The summed E-state index contributed by atoms with van der Waals surface area (Å²) >= 11 is 0. The second-order valence-electron chi connectivity index (χ2n) is 5.27. The molecule has 0 aromatic heterocycles. The van der Waals surface area contributed by atoms with Crippen LogP contribution in [0.5, 0.6) is 0 Å². The number of fused-ring (bicyclic) bond motifs is 1. The first-order valence-corrected chi connectivity index (χ1v) is 6.66. The number of carbonyl (C=O) groups is 1. The summed E-state index contributed by atoms with van der Waals surface area (Å²) in [6.45, 7) is 0.963. The van der Waals surface area contributed by atoms with Crippen molar-refractivity contribution in [1.29, 1.82) is 0 Å². The van der Waals surface area contributed by atoms with Gasteiger partial charge in [-0.05, 0) is 11.6 Å². The lowest BCUT2D eigenvalue weighted by molar-refractivity contribution is 0.0944. The number of nitrogens with zero attached hydrogens (tertiary/aromatic N) is 1. The van der Waals surface area contributed by atoms with Crippen LogP contribution in [0.15, 0.2) is 42.2 Å². The number of amides is 1. The third-order valence-corrected chi connectivity index (χ3v) is 3.94. The van der Waals surface area contributed by atoms with E-state index in [0.717, 1.165) is 5.56 Å². The lowest BCUT2D eigenvalue weighted by Gasteiger charge is -2.17. The Morgan fingerprint density at radius 1 is 1.35 bits per heavy atom. The second kappa shape index (κ2) is 5.25. The molecule has 0 saturated carbocycles. The molecule has 0 bridgehead atoms. The van der Waals surface area contributed by atoms with Gasteiger partial charge in [0.25, 0.3) is 0 Å². The highest BCUT2D eigenvalue weighted by atomic mass is 19.1. The number of carbonyl (C=O) groups excluding carboxylic acids is 1. The van der Waals surface area contributed by atoms with E-state index in [1.807, 2.05) is 30.3 Å². The Morgan fingerprint density at radius 2 is 2.10 bits per heavy atom. The normalized spacial score (nSPS) is 28.2. The van der Waals surface area contributed by atoms with Crippen LogP contribution in [0.25, 0.3) is 0 Å². The minimum absolute atomic E-state index is 0.103. The van der Waals surface area contributed by atoms with E-state index in [-0.39, 0.29) is 18.4 Å². The Bertz CT molecular complexity index is 531. The number of ether oxygens (including phenoxy) is 1. The number of hydrogen-bond acceptors (Lipinski definition) is 3. The summed E-state index contributed by atoms with van der Waals surface area (Å²) in [6, 6.07) is 9.43. The SMILES string of the molecule is O=C(OCc1ccccc1)N1CC2C=C(F)C(O)C2C1. The van der Waals surface area contributed by atoms with E-state index in [0.29, 0.717) is 13.1 Å². The molecule has 20 heavy (non-hydrogen) atoms. The lowest BCUT2D eigenvalue weighted by Crippen LogP contribution is -2.31. The first-order valence-electron chi connectivity index (χ1n) is 6.66. The van der Waals surface area contributed by atoms with Gasteiger partial charge in [-0.2, -0.15) is 0 Å². The molecule has 106 valence electrons. The summed E-state index contributed by atoms with van der Waals surface area (Å²) in [4.78, 5) is 13.5. The molecular weight excluding hydrogens is 261 g/mol. The molecule has 1 saturated heterocycles. The predicted octanol–water partition coefficient (Wildman–Crippen LogP) is 2.10. The quantitative estimate of drug-likeness (QED) is 0.900. The van der Waals surface area contributed by atoms with E-state index in [1.54, 1.807) is 0 Å². The van der Waals surface area contributed by atoms with Crippen molar-refractivity contribution >= 4 is 6.09 Å². The van der Waals surface area contributed by atoms with Gasteiger partial charge in [0, 0.05) is 24.9 Å². The highest BCUT2D eigenvalue weighted by molar-refractivity contribution is 5.68. The van der Waals surface area contributed by atoms with Crippen molar-refractivity contribution in [2.24, 2.45) is 11.8 Å². The van der Waals surface area contributed by atoms with Crippen molar-refractivity contribution in [2.45, 2.75) is 12.7 Å². The molecule has 2 aliphatic rings. The molecule has 1 aliphatic heterocycles. The van der Waals surface area contributed by atoms with E-state index in [9.17, 15) is 14.3 Å². The maximum atomic E-state index is 13.2. The lowest BCUT2D eigenvalue weighted by atomic mass is 9.98. The predicted molar refractivity (Wildman–Crippen MR) is 70.4 cm³/mol. The average molecular weight is 277 g/mol. The Balaban J connectivity index is 1.55. The summed E-state index contributed by atoms with van der Waals surface area (Å²) in [6.07, 6.45) is -0.0732. The van der Waals surface area contributed by atoms with Crippen molar-refractivity contribution in [3.63, 3.8) is 0 Å². The van der Waals surface area contributed by atoms with Crippen LogP contribution in [0, 0.1) is 11.8 Å². The summed E-state index contributed by atoms with van der Waals surface area (Å²) < 4.78 is 18.4. The van der Waals surface area contributed by atoms with Crippen molar-refractivity contribution in [3.05, 3.63) is 47.8 Å². The van der Waals surface area contributed by atoms with E-state index in [1.165, 1.54) is 11.0 Å². The van der Waals surface area contributed by atoms with Crippen LogP contribution in [-0.2, 0) is 11.3 Å². The molecule has 3 unspecified atom stereocenters. The zero-order valence-corrected chi connectivity index (χ0v) is 10.9. The smallest absolute Gasteiger partial charge is 0.410 e. The van der Waals surface area contributed by atoms with Gasteiger partial charge < -0.3 is 14.7 Å². The Kier molecular flexibility index (Phi) is 3.44. The van der Waals surface area contributed by atoms with Crippen LogP contribution < -0.4 is 0 Å². The number of likely N-dealkylation sites (tertiary alicyclic amines) is 1. The zero-order valence-electron chi connectivity index (χ0n) is 10.9. The first kappa shape index (κ1) is 13.1. The molecule has 5 heteroatoms. The maximum absolute atomic E-state index is 13.2. The van der Waals surface area contributed by atoms with Crippen molar-refractivity contribution in [3.8, 4) is 0 Å². The molecular formula is C15H16FNO3. The van der Waals surface area contributed by atoms with E-state index in [4.69, 9.17) is 4.74 Å². The highest BCUT2D eigenvalue weighted by Gasteiger charge is 2.44. The highest BCUT2D eigenvalue weighted by Crippen LogP contribution is 2.37. The molecule has 1 amide bonds. The van der Waals surface area contributed by atoms with Crippen LogP contribution in [0.1, 0.15) is 5.56 Å². The Hall–Kier alpha value is -1.88. The molecule has 1 heterocycles. The number of hydrogen-bond donors (Lipinski definition) is 1. The molecule has 1 aromatic carbocycles.